The van der Waals surface area contributed by atoms with Crippen LogP contribution in [0.2, 0.25) is 5.02 Å². The van der Waals surface area contributed by atoms with Gasteiger partial charge in [0.1, 0.15) is 12.0 Å². The first-order valence-corrected chi connectivity index (χ1v) is 7.21. The summed E-state index contributed by atoms with van der Waals surface area (Å²) >= 11 is 5.94. The van der Waals surface area contributed by atoms with E-state index in [0.29, 0.717) is 5.02 Å². The number of aromatic hydroxyl groups is 1. The summed E-state index contributed by atoms with van der Waals surface area (Å²) in [7, 11) is 0. The van der Waals surface area contributed by atoms with Crippen LogP contribution in [0.15, 0.2) is 60.7 Å². The Morgan fingerprint density at radius 1 is 0.955 bits per heavy atom. The number of phenols is 1. The van der Waals surface area contributed by atoms with Crippen LogP contribution in [0.3, 0.4) is 0 Å². The predicted molar refractivity (Wildman–Crippen MR) is 91.2 cm³/mol. The fourth-order valence-electron chi connectivity index (χ4n) is 2.56. The van der Waals surface area contributed by atoms with Crippen LogP contribution in [-0.4, -0.2) is 11.4 Å². The van der Waals surface area contributed by atoms with Gasteiger partial charge in [-0.15, -0.1) is 0 Å². The lowest BCUT2D eigenvalue weighted by Crippen LogP contribution is -1.87. The molecule has 0 bridgehead atoms. The highest BCUT2D eigenvalue weighted by Gasteiger charge is 2.11. The van der Waals surface area contributed by atoms with E-state index in [9.17, 15) is 9.90 Å². The molecule has 2 nitrogen and oxygen atoms in total. The van der Waals surface area contributed by atoms with Crippen LogP contribution in [0.5, 0.6) is 5.75 Å². The van der Waals surface area contributed by atoms with Gasteiger partial charge >= 0.3 is 0 Å². The molecule has 0 spiro atoms. The van der Waals surface area contributed by atoms with Gasteiger partial charge in [0.2, 0.25) is 0 Å². The van der Waals surface area contributed by atoms with E-state index >= 15 is 0 Å². The van der Waals surface area contributed by atoms with Gasteiger partial charge in [-0.05, 0) is 46.4 Å². The topological polar surface area (TPSA) is 37.3 Å². The molecule has 0 unspecified atom stereocenters. The summed E-state index contributed by atoms with van der Waals surface area (Å²) in [5.74, 6) is 0.212. The molecule has 0 aliphatic rings. The average Bonchev–Trinajstić information content (AvgIpc) is 2.55. The number of rotatable bonds is 3. The molecule has 0 radical (unpaired) electrons. The van der Waals surface area contributed by atoms with Crippen molar-refractivity contribution in [2.45, 2.75) is 0 Å². The minimum absolute atomic E-state index is 0.212. The standard InChI is InChI=1S/C19H13ClO2/c20-14-9-7-13(8-10-14)18-12-19(22)17-5-2-1-4-15(17)16(18)6-3-11-21/h1-12,22H/b6-3+. The second-order valence-corrected chi connectivity index (χ2v) is 5.34. The van der Waals surface area contributed by atoms with Crippen LogP contribution in [0.25, 0.3) is 28.0 Å². The minimum atomic E-state index is 0.212. The van der Waals surface area contributed by atoms with E-state index in [-0.39, 0.29) is 5.75 Å². The van der Waals surface area contributed by atoms with Crippen LogP contribution in [0.1, 0.15) is 5.56 Å². The molecule has 0 aliphatic heterocycles. The molecule has 1 N–H and O–H groups in total. The lowest BCUT2D eigenvalue weighted by Gasteiger charge is -2.12. The first-order valence-electron chi connectivity index (χ1n) is 6.83. The van der Waals surface area contributed by atoms with Crippen molar-refractivity contribution in [2.75, 3.05) is 0 Å². The highest BCUT2D eigenvalue weighted by molar-refractivity contribution is 6.30. The van der Waals surface area contributed by atoms with E-state index in [1.807, 2.05) is 36.4 Å². The van der Waals surface area contributed by atoms with Gasteiger partial charge in [0.25, 0.3) is 0 Å². The van der Waals surface area contributed by atoms with Gasteiger partial charge in [0.15, 0.2) is 0 Å². The molecule has 3 aromatic rings. The van der Waals surface area contributed by atoms with Crippen molar-refractivity contribution in [3.05, 3.63) is 71.3 Å². The van der Waals surface area contributed by atoms with Crippen LogP contribution in [0.4, 0.5) is 0 Å². The summed E-state index contributed by atoms with van der Waals surface area (Å²) in [6.45, 7) is 0. The predicted octanol–water partition coefficient (Wildman–Crippen LogP) is 5.08. The molecule has 0 saturated carbocycles. The number of hydrogen-bond donors (Lipinski definition) is 1. The summed E-state index contributed by atoms with van der Waals surface area (Å²) in [6.07, 6.45) is 3.96. The van der Waals surface area contributed by atoms with Gasteiger partial charge in [0.05, 0.1) is 0 Å². The van der Waals surface area contributed by atoms with Gasteiger partial charge in [-0.1, -0.05) is 54.1 Å². The number of carbonyl (C=O) groups excluding carboxylic acids is 1. The second-order valence-electron chi connectivity index (χ2n) is 4.90. The fraction of sp³-hybridized carbons (Fsp3) is 0. The maximum absolute atomic E-state index is 10.7. The van der Waals surface area contributed by atoms with Crippen molar-refractivity contribution in [1.82, 2.24) is 0 Å². The van der Waals surface area contributed by atoms with Crippen molar-refractivity contribution in [3.63, 3.8) is 0 Å². The Morgan fingerprint density at radius 2 is 1.64 bits per heavy atom. The largest absolute Gasteiger partial charge is 0.507 e. The highest BCUT2D eigenvalue weighted by atomic mass is 35.5. The summed E-state index contributed by atoms with van der Waals surface area (Å²) < 4.78 is 0. The molecule has 0 saturated heterocycles. The number of allylic oxidation sites excluding steroid dienone is 1. The van der Waals surface area contributed by atoms with Gasteiger partial charge in [-0.3, -0.25) is 4.79 Å². The van der Waals surface area contributed by atoms with Crippen molar-refractivity contribution < 1.29 is 9.90 Å². The number of fused-ring (bicyclic) bond motifs is 1. The van der Waals surface area contributed by atoms with Gasteiger partial charge in [-0.2, -0.15) is 0 Å². The van der Waals surface area contributed by atoms with Gasteiger partial charge in [0, 0.05) is 10.4 Å². The Morgan fingerprint density at radius 3 is 2.32 bits per heavy atom. The lowest BCUT2D eigenvalue weighted by molar-refractivity contribution is -0.104. The van der Waals surface area contributed by atoms with E-state index in [0.717, 1.165) is 33.7 Å². The molecule has 3 aromatic carbocycles. The molecule has 0 heterocycles. The lowest BCUT2D eigenvalue weighted by atomic mass is 9.93. The van der Waals surface area contributed by atoms with E-state index in [4.69, 9.17) is 11.6 Å². The zero-order valence-electron chi connectivity index (χ0n) is 11.7. The molecule has 0 aliphatic carbocycles. The van der Waals surface area contributed by atoms with Gasteiger partial charge in [-0.25, -0.2) is 0 Å². The molecule has 108 valence electrons. The average molecular weight is 309 g/mol. The molecule has 3 rings (SSSR count). The first-order chi connectivity index (χ1) is 10.7. The number of halogens is 1. The van der Waals surface area contributed by atoms with Crippen molar-refractivity contribution in [1.29, 1.82) is 0 Å². The number of carbonyl (C=O) groups is 1. The monoisotopic (exact) mass is 308 g/mol. The third-order valence-electron chi connectivity index (χ3n) is 3.56. The third kappa shape index (κ3) is 2.61. The van der Waals surface area contributed by atoms with Crippen LogP contribution < -0.4 is 0 Å². The SMILES string of the molecule is O=C/C=C/c1c(-c2ccc(Cl)cc2)cc(O)c2ccccc12. The fourth-order valence-corrected chi connectivity index (χ4v) is 2.69. The summed E-state index contributed by atoms with van der Waals surface area (Å²) in [4.78, 5) is 10.7. The Bertz CT molecular complexity index is 864. The van der Waals surface area contributed by atoms with Crippen LogP contribution in [0, 0.1) is 0 Å². The molecular formula is C19H13ClO2. The third-order valence-corrected chi connectivity index (χ3v) is 3.81. The highest BCUT2D eigenvalue weighted by Crippen LogP contribution is 2.37. The van der Waals surface area contributed by atoms with E-state index in [2.05, 4.69) is 0 Å². The number of aldehydes is 1. The maximum Gasteiger partial charge on any atom is 0.142 e. The zero-order chi connectivity index (χ0) is 15.5. The smallest absolute Gasteiger partial charge is 0.142 e. The van der Waals surface area contributed by atoms with E-state index in [1.54, 1.807) is 24.3 Å². The maximum atomic E-state index is 10.7. The molecule has 22 heavy (non-hydrogen) atoms. The van der Waals surface area contributed by atoms with Crippen LogP contribution >= 0.6 is 11.6 Å². The molecular weight excluding hydrogens is 296 g/mol. The zero-order valence-corrected chi connectivity index (χ0v) is 12.4. The van der Waals surface area contributed by atoms with Crippen molar-refractivity contribution in [2.24, 2.45) is 0 Å². The van der Waals surface area contributed by atoms with Crippen molar-refractivity contribution >= 4 is 34.7 Å². The first kappa shape index (κ1) is 14.4. The Balaban J connectivity index is 2.35. The Labute approximate surface area is 133 Å². The molecule has 0 aromatic heterocycles. The van der Waals surface area contributed by atoms with Crippen LogP contribution in [-0.2, 0) is 4.79 Å². The minimum Gasteiger partial charge on any atom is -0.507 e. The molecule has 0 fully saturated rings. The Hall–Kier alpha value is -2.58. The summed E-state index contributed by atoms with van der Waals surface area (Å²) in [6, 6.07) is 16.7. The number of benzene rings is 3. The molecule has 0 atom stereocenters. The Kier molecular flexibility index (Phi) is 3.94. The summed E-state index contributed by atoms with van der Waals surface area (Å²) in [5.41, 5.74) is 2.67. The normalized spacial score (nSPS) is 11.1. The van der Waals surface area contributed by atoms with E-state index < -0.39 is 0 Å². The molecule has 3 heteroatoms. The molecule has 0 amide bonds. The van der Waals surface area contributed by atoms with Crippen molar-refractivity contribution in [3.8, 4) is 16.9 Å². The number of hydrogen-bond acceptors (Lipinski definition) is 2. The summed E-state index contributed by atoms with van der Waals surface area (Å²) in [5, 5.41) is 12.6. The number of phenolic OH excluding ortho intramolecular Hbond substituents is 1. The van der Waals surface area contributed by atoms with Gasteiger partial charge < -0.3 is 5.11 Å². The van der Waals surface area contributed by atoms with E-state index in [1.165, 1.54) is 6.08 Å². The second kappa shape index (κ2) is 6.04. The quantitative estimate of drug-likeness (QED) is 0.541.